The van der Waals surface area contributed by atoms with Gasteiger partial charge in [0.2, 0.25) is 0 Å². The maximum atomic E-state index is 8.84. The summed E-state index contributed by atoms with van der Waals surface area (Å²) < 4.78 is 11.3. The lowest BCUT2D eigenvalue weighted by Crippen LogP contribution is -2.12. The van der Waals surface area contributed by atoms with Crippen molar-refractivity contribution >= 4 is 0 Å². The van der Waals surface area contributed by atoms with E-state index in [1.165, 1.54) is 0 Å². The molecule has 0 spiro atoms. The highest BCUT2D eigenvalue weighted by molar-refractivity contribution is 5.46. The Morgan fingerprint density at radius 1 is 1.29 bits per heavy atom. The van der Waals surface area contributed by atoms with Crippen molar-refractivity contribution in [2.75, 3.05) is 6.61 Å². The molecule has 0 aliphatic rings. The summed E-state index contributed by atoms with van der Waals surface area (Å²) in [5, 5.41) is 8.84. The van der Waals surface area contributed by atoms with E-state index in [-0.39, 0.29) is 6.10 Å². The first-order valence-corrected chi connectivity index (χ1v) is 6.04. The average Bonchev–Trinajstić information content (AvgIpc) is 2.32. The molecular weight excluding hydrogens is 214 g/mol. The molecule has 92 valence electrons. The first-order chi connectivity index (χ1) is 8.21. The largest absolute Gasteiger partial charge is 0.490 e. The number of benzene rings is 1. The molecule has 0 amide bonds. The smallest absolute Gasteiger partial charge is 0.162 e. The first kappa shape index (κ1) is 13.4. The fourth-order valence-corrected chi connectivity index (χ4v) is 1.63. The maximum Gasteiger partial charge on any atom is 0.162 e. The molecule has 0 fully saturated rings. The average molecular weight is 233 g/mol. The van der Waals surface area contributed by atoms with E-state index in [0.29, 0.717) is 23.7 Å². The molecule has 1 rings (SSSR count). The zero-order valence-corrected chi connectivity index (χ0v) is 10.7. The van der Waals surface area contributed by atoms with E-state index in [4.69, 9.17) is 14.7 Å². The van der Waals surface area contributed by atoms with Gasteiger partial charge in [0.1, 0.15) is 0 Å². The van der Waals surface area contributed by atoms with Crippen LogP contribution in [0.4, 0.5) is 0 Å². The van der Waals surface area contributed by atoms with Crippen molar-refractivity contribution in [3.8, 4) is 17.6 Å². The van der Waals surface area contributed by atoms with Crippen LogP contribution >= 0.6 is 0 Å². The van der Waals surface area contributed by atoms with Crippen LogP contribution in [0.1, 0.15) is 39.2 Å². The number of rotatable bonds is 6. The van der Waals surface area contributed by atoms with Gasteiger partial charge in [0.05, 0.1) is 24.3 Å². The predicted octanol–water partition coefficient (Wildman–Crippen LogP) is 3.52. The van der Waals surface area contributed by atoms with Gasteiger partial charge in [-0.25, -0.2) is 0 Å². The van der Waals surface area contributed by atoms with E-state index in [0.717, 1.165) is 12.8 Å². The summed E-state index contributed by atoms with van der Waals surface area (Å²) in [5.74, 6) is 1.36. The molecule has 3 heteroatoms. The lowest BCUT2D eigenvalue weighted by atomic mass is 10.2. The van der Waals surface area contributed by atoms with E-state index < -0.39 is 0 Å². The summed E-state index contributed by atoms with van der Waals surface area (Å²) in [6, 6.07) is 7.36. The fraction of sp³-hybridized carbons (Fsp3) is 0.500. The van der Waals surface area contributed by atoms with Gasteiger partial charge in [-0.1, -0.05) is 13.3 Å². The zero-order chi connectivity index (χ0) is 12.7. The highest BCUT2D eigenvalue weighted by atomic mass is 16.5. The monoisotopic (exact) mass is 233 g/mol. The summed E-state index contributed by atoms with van der Waals surface area (Å²) in [6.45, 7) is 6.64. The summed E-state index contributed by atoms with van der Waals surface area (Å²) in [7, 11) is 0. The lowest BCUT2D eigenvalue weighted by molar-refractivity contribution is 0.197. The van der Waals surface area contributed by atoms with E-state index >= 15 is 0 Å². The quantitative estimate of drug-likeness (QED) is 0.755. The third kappa shape index (κ3) is 3.99. The van der Waals surface area contributed by atoms with Gasteiger partial charge in [0.15, 0.2) is 11.5 Å². The molecule has 1 aromatic rings. The van der Waals surface area contributed by atoms with Gasteiger partial charge < -0.3 is 9.47 Å². The fourth-order valence-electron chi connectivity index (χ4n) is 1.63. The highest BCUT2D eigenvalue weighted by Crippen LogP contribution is 2.29. The summed E-state index contributed by atoms with van der Waals surface area (Å²) in [6.07, 6.45) is 2.25. The summed E-state index contributed by atoms with van der Waals surface area (Å²) in [5.41, 5.74) is 0.587. The van der Waals surface area contributed by atoms with Gasteiger partial charge in [0.25, 0.3) is 0 Å². The molecule has 1 atom stereocenters. The molecule has 17 heavy (non-hydrogen) atoms. The van der Waals surface area contributed by atoms with Crippen LogP contribution in [-0.4, -0.2) is 12.7 Å². The van der Waals surface area contributed by atoms with Crippen LogP contribution in [0.3, 0.4) is 0 Å². The van der Waals surface area contributed by atoms with Crippen molar-refractivity contribution in [3.63, 3.8) is 0 Å². The molecule has 0 radical (unpaired) electrons. The molecular formula is C14H19NO2. The van der Waals surface area contributed by atoms with Crippen molar-refractivity contribution in [3.05, 3.63) is 23.8 Å². The Morgan fingerprint density at radius 2 is 2.06 bits per heavy atom. The molecule has 0 aliphatic carbocycles. The second-order valence-electron chi connectivity index (χ2n) is 3.92. The van der Waals surface area contributed by atoms with E-state index in [1.54, 1.807) is 18.2 Å². The van der Waals surface area contributed by atoms with Gasteiger partial charge in [-0.3, -0.25) is 0 Å². The van der Waals surface area contributed by atoms with Crippen molar-refractivity contribution in [2.45, 2.75) is 39.7 Å². The Kier molecular flexibility index (Phi) is 5.35. The highest BCUT2D eigenvalue weighted by Gasteiger charge is 2.09. The number of nitrogens with zero attached hydrogens (tertiary/aromatic N) is 1. The van der Waals surface area contributed by atoms with Gasteiger partial charge in [-0.05, 0) is 32.4 Å². The van der Waals surface area contributed by atoms with Gasteiger partial charge >= 0.3 is 0 Å². The predicted molar refractivity (Wildman–Crippen MR) is 67.3 cm³/mol. The van der Waals surface area contributed by atoms with Crippen molar-refractivity contribution in [1.29, 1.82) is 5.26 Å². The Labute approximate surface area is 103 Å². The molecule has 0 saturated heterocycles. The number of hydrogen-bond acceptors (Lipinski definition) is 3. The normalized spacial score (nSPS) is 11.6. The van der Waals surface area contributed by atoms with E-state index in [2.05, 4.69) is 13.0 Å². The van der Waals surface area contributed by atoms with Crippen LogP contribution < -0.4 is 9.47 Å². The molecule has 1 unspecified atom stereocenters. The van der Waals surface area contributed by atoms with Crippen LogP contribution in [0.5, 0.6) is 11.5 Å². The molecule has 0 heterocycles. The van der Waals surface area contributed by atoms with Gasteiger partial charge in [0, 0.05) is 6.07 Å². The lowest BCUT2D eigenvalue weighted by Gasteiger charge is -2.17. The third-order valence-electron chi connectivity index (χ3n) is 2.40. The van der Waals surface area contributed by atoms with E-state index in [1.807, 2.05) is 13.8 Å². The number of ether oxygens (including phenoxy) is 2. The SMILES string of the molecule is CCCC(C)Oc1ccc(C#N)cc1OCC. The zero-order valence-electron chi connectivity index (χ0n) is 10.7. The minimum atomic E-state index is 0.159. The Bertz CT molecular complexity index is 396. The standard InChI is InChI=1S/C14H19NO2/c1-4-6-11(3)17-13-8-7-12(10-15)9-14(13)16-5-2/h7-9,11H,4-6H2,1-3H3. The van der Waals surface area contributed by atoms with Crippen molar-refractivity contribution in [2.24, 2.45) is 0 Å². The minimum Gasteiger partial charge on any atom is -0.490 e. The molecule has 0 bridgehead atoms. The van der Waals surface area contributed by atoms with Crippen LogP contribution in [0.15, 0.2) is 18.2 Å². The number of hydrogen-bond donors (Lipinski definition) is 0. The third-order valence-corrected chi connectivity index (χ3v) is 2.40. The number of nitriles is 1. The molecule has 1 aromatic carbocycles. The van der Waals surface area contributed by atoms with Gasteiger partial charge in [-0.2, -0.15) is 5.26 Å². The second kappa shape index (κ2) is 6.80. The maximum absolute atomic E-state index is 8.84. The molecule has 3 nitrogen and oxygen atoms in total. The topological polar surface area (TPSA) is 42.2 Å². The second-order valence-corrected chi connectivity index (χ2v) is 3.92. The van der Waals surface area contributed by atoms with Gasteiger partial charge in [-0.15, -0.1) is 0 Å². The van der Waals surface area contributed by atoms with Crippen LogP contribution in [0, 0.1) is 11.3 Å². The van der Waals surface area contributed by atoms with Crippen LogP contribution in [0.25, 0.3) is 0 Å². The molecule has 0 aliphatic heterocycles. The Morgan fingerprint density at radius 3 is 2.65 bits per heavy atom. The summed E-state index contributed by atoms with van der Waals surface area (Å²) >= 11 is 0. The molecule has 0 aromatic heterocycles. The summed E-state index contributed by atoms with van der Waals surface area (Å²) in [4.78, 5) is 0. The Balaban J connectivity index is 2.86. The Hall–Kier alpha value is -1.69. The van der Waals surface area contributed by atoms with Crippen molar-refractivity contribution in [1.82, 2.24) is 0 Å². The van der Waals surface area contributed by atoms with Crippen LogP contribution in [-0.2, 0) is 0 Å². The minimum absolute atomic E-state index is 0.159. The molecule has 0 N–H and O–H groups in total. The molecule has 0 saturated carbocycles. The van der Waals surface area contributed by atoms with Crippen LogP contribution in [0.2, 0.25) is 0 Å². The first-order valence-electron chi connectivity index (χ1n) is 6.04. The van der Waals surface area contributed by atoms with Crippen molar-refractivity contribution < 1.29 is 9.47 Å². The van der Waals surface area contributed by atoms with E-state index in [9.17, 15) is 0 Å².